The number of nitrogens with zero attached hydrogens (tertiary/aromatic N) is 1. The zero-order chi connectivity index (χ0) is 21.5. The number of carboxylic acid groups (broad SMARTS) is 1. The summed E-state index contributed by atoms with van der Waals surface area (Å²) >= 11 is 0. The van der Waals surface area contributed by atoms with Gasteiger partial charge in [0.2, 0.25) is 0 Å². The molecule has 0 saturated heterocycles. The number of hydrogen-bond donors (Lipinski definition) is 2. The van der Waals surface area contributed by atoms with Crippen LogP contribution >= 0.6 is 0 Å². The number of esters is 1. The van der Waals surface area contributed by atoms with E-state index in [-0.39, 0.29) is 22.6 Å². The number of rotatable bonds is 7. The Kier molecular flexibility index (Phi) is 6.39. The predicted molar refractivity (Wildman–Crippen MR) is 109 cm³/mol. The van der Waals surface area contributed by atoms with Gasteiger partial charge in [-0.2, -0.15) is 5.10 Å². The molecular formula is C22H17FN2O5. The highest BCUT2D eigenvalue weighted by molar-refractivity contribution is 5.92. The molecule has 0 unspecified atom stereocenters. The van der Waals surface area contributed by atoms with Gasteiger partial charge in [0, 0.05) is 0 Å². The van der Waals surface area contributed by atoms with Crippen molar-refractivity contribution >= 4 is 23.8 Å². The molecule has 3 aromatic carbocycles. The van der Waals surface area contributed by atoms with E-state index >= 15 is 0 Å². The first kappa shape index (κ1) is 20.5. The number of benzene rings is 3. The van der Waals surface area contributed by atoms with Gasteiger partial charge in [0.15, 0.2) is 11.5 Å². The number of carbonyl (C=O) groups is 2. The van der Waals surface area contributed by atoms with Gasteiger partial charge in [0.1, 0.15) is 5.82 Å². The molecule has 0 bridgehead atoms. The predicted octanol–water partition coefficient (Wildman–Crippen LogP) is 4.20. The topological polar surface area (TPSA) is 97.2 Å². The van der Waals surface area contributed by atoms with Gasteiger partial charge in [0.25, 0.3) is 0 Å². The molecule has 0 aliphatic carbocycles. The van der Waals surface area contributed by atoms with Crippen molar-refractivity contribution in [3.63, 3.8) is 0 Å². The maximum atomic E-state index is 13.7. The molecule has 0 atom stereocenters. The minimum atomic E-state index is -1.01. The molecule has 0 heterocycles. The number of methoxy groups -OCH3 is 1. The van der Waals surface area contributed by atoms with Gasteiger partial charge in [0.05, 0.1) is 30.1 Å². The minimum absolute atomic E-state index is 0.139. The van der Waals surface area contributed by atoms with Gasteiger partial charge in [-0.15, -0.1) is 0 Å². The van der Waals surface area contributed by atoms with Gasteiger partial charge in [-0.25, -0.2) is 14.0 Å². The van der Waals surface area contributed by atoms with E-state index in [4.69, 9.17) is 14.6 Å². The van der Waals surface area contributed by atoms with E-state index in [9.17, 15) is 14.0 Å². The fourth-order valence-electron chi connectivity index (χ4n) is 2.50. The standard InChI is InChI=1S/C22H17FN2O5/c1-29-20-12-14(13-24-25-16-9-7-15(8-10-16)21(26)27)6-11-19(20)30-22(28)17-4-2-3-5-18(17)23/h2-13,25H,1H3,(H,26,27)/b24-13-. The van der Waals surface area contributed by atoms with Crippen LogP contribution in [0.2, 0.25) is 0 Å². The number of nitrogens with one attached hydrogen (secondary N) is 1. The van der Waals surface area contributed by atoms with E-state index in [1.165, 1.54) is 49.7 Å². The summed E-state index contributed by atoms with van der Waals surface area (Å²) in [6, 6.07) is 16.4. The fourth-order valence-corrected chi connectivity index (χ4v) is 2.50. The molecule has 0 aliphatic rings. The highest BCUT2D eigenvalue weighted by Gasteiger charge is 2.16. The third-order valence-electron chi connectivity index (χ3n) is 4.02. The molecular weight excluding hydrogens is 391 g/mol. The van der Waals surface area contributed by atoms with Crippen LogP contribution in [-0.2, 0) is 0 Å². The lowest BCUT2D eigenvalue weighted by atomic mass is 10.2. The Labute approximate surface area is 171 Å². The van der Waals surface area contributed by atoms with Gasteiger partial charge >= 0.3 is 11.9 Å². The van der Waals surface area contributed by atoms with Crippen LogP contribution in [0.4, 0.5) is 10.1 Å². The molecule has 3 aromatic rings. The van der Waals surface area contributed by atoms with E-state index in [0.29, 0.717) is 11.3 Å². The molecule has 8 heteroatoms. The first-order chi connectivity index (χ1) is 14.5. The van der Waals surface area contributed by atoms with Gasteiger partial charge in [-0.3, -0.25) is 5.43 Å². The quantitative estimate of drug-likeness (QED) is 0.263. The van der Waals surface area contributed by atoms with Crippen molar-refractivity contribution in [1.82, 2.24) is 0 Å². The zero-order valence-corrected chi connectivity index (χ0v) is 15.8. The Hall–Kier alpha value is -4.20. The van der Waals surface area contributed by atoms with Gasteiger partial charge < -0.3 is 14.6 Å². The van der Waals surface area contributed by atoms with E-state index < -0.39 is 17.8 Å². The van der Waals surface area contributed by atoms with E-state index in [1.807, 2.05) is 0 Å². The monoisotopic (exact) mass is 408 g/mol. The molecule has 30 heavy (non-hydrogen) atoms. The van der Waals surface area contributed by atoms with Gasteiger partial charge in [-0.1, -0.05) is 12.1 Å². The molecule has 3 rings (SSSR count). The number of aromatic carboxylic acids is 1. The smallest absolute Gasteiger partial charge is 0.346 e. The molecule has 0 aromatic heterocycles. The third-order valence-corrected chi connectivity index (χ3v) is 4.02. The van der Waals surface area contributed by atoms with Crippen LogP contribution in [0.15, 0.2) is 71.8 Å². The van der Waals surface area contributed by atoms with Gasteiger partial charge in [-0.05, 0) is 60.2 Å². The SMILES string of the molecule is COc1cc(/C=N\Nc2ccc(C(=O)O)cc2)ccc1OC(=O)c1ccccc1F. The number of anilines is 1. The summed E-state index contributed by atoms with van der Waals surface area (Å²) in [6.45, 7) is 0. The summed E-state index contributed by atoms with van der Waals surface area (Å²) in [5, 5.41) is 13.0. The summed E-state index contributed by atoms with van der Waals surface area (Å²) in [7, 11) is 1.42. The Balaban J connectivity index is 1.69. The summed E-state index contributed by atoms with van der Waals surface area (Å²) < 4.78 is 24.2. The van der Waals surface area contributed by atoms with Crippen molar-refractivity contribution in [1.29, 1.82) is 0 Å². The summed E-state index contributed by atoms with van der Waals surface area (Å²) in [5.74, 6) is -2.10. The molecule has 0 fully saturated rings. The second-order valence-electron chi connectivity index (χ2n) is 6.03. The maximum absolute atomic E-state index is 13.7. The Morgan fingerprint density at radius 2 is 1.77 bits per heavy atom. The molecule has 152 valence electrons. The molecule has 0 amide bonds. The Morgan fingerprint density at radius 1 is 1.03 bits per heavy atom. The van der Waals surface area contributed by atoms with E-state index in [0.717, 1.165) is 0 Å². The first-order valence-corrected chi connectivity index (χ1v) is 8.75. The van der Waals surface area contributed by atoms with Crippen molar-refractivity contribution in [3.8, 4) is 11.5 Å². The van der Waals surface area contributed by atoms with Crippen LogP contribution < -0.4 is 14.9 Å². The Morgan fingerprint density at radius 3 is 2.43 bits per heavy atom. The van der Waals surface area contributed by atoms with Crippen LogP contribution in [0.5, 0.6) is 11.5 Å². The average molecular weight is 408 g/mol. The molecule has 0 radical (unpaired) electrons. The maximum Gasteiger partial charge on any atom is 0.346 e. The number of carboxylic acids is 1. The van der Waals surface area contributed by atoms with Crippen molar-refractivity contribution in [2.45, 2.75) is 0 Å². The molecule has 0 aliphatic heterocycles. The number of carbonyl (C=O) groups excluding carboxylic acids is 1. The number of ether oxygens (including phenoxy) is 2. The van der Waals surface area contributed by atoms with E-state index in [1.54, 1.807) is 30.3 Å². The summed E-state index contributed by atoms with van der Waals surface area (Å²) in [4.78, 5) is 23.0. The lowest BCUT2D eigenvalue weighted by Crippen LogP contribution is -2.11. The van der Waals surface area contributed by atoms with Crippen LogP contribution in [0.25, 0.3) is 0 Å². The second kappa shape index (κ2) is 9.33. The largest absolute Gasteiger partial charge is 0.493 e. The van der Waals surface area contributed by atoms with Crippen LogP contribution in [0.3, 0.4) is 0 Å². The number of halogens is 1. The average Bonchev–Trinajstić information content (AvgIpc) is 2.75. The lowest BCUT2D eigenvalue weighted by Gasteiger charge is -2.10. The van der Waals surface area contributed by atoms with Crippen molar-refractivity contribution in [2.75, 3.05) is 12.5 Å². The minimum Gasteiger partial charge on any atom is -0.493 e. The van der Waals surface area contributed by atoms with Crippen molar-refractivity contribution in [3.05, 3.63) is 89.2 Å². The highest BCUT2D eigenvalue weighted by Crippen LogP contribution is 2.28. The fraction of sp³-hybridized carbons (Fsp3) is 0.0455. The van der Waals surface area contributed by atoms with Crippen molar-refractivity contribution < 1.29 is 28.6 Å². The molecule has 2 N–H and O–H groups in total. The number of hydrazone groups is 1. The summed E-state index contributed by atoms with van der Waals surface area (Å²) in [6.07, 6.45) is 1.51. The van der Waals surface area contributed by atoms with E-state index in [2.05, 4.69) is 10.5 Å². The zero-order valence-electron chi connectivity index (χ0n) is 15.8. The normalized spacial score (nSPS) is 10.6. The first-order valence-electron chi connectivity index (χ1n) is 8.75. The highest BCUT2D eigenvalue weighted by atomic mass is 19.1. The summed E-state index contributed by atoms with van der Waals surface area (Å²) in [5.41, 5.74) is 4.03. The van der Waals surface area contributed by atoms with Crippen LogP contribution in [0, 0.1) is 5.82 Å². The Bertz CT molecular complexity index is 1100. The van der Waals surface area contributed by atoms with Crippen LogP contribution in [-0.4, -0.2) is 30.4 Å². The molecule has 7 nitrogen and oxygen atoms in total. The lowest BCUT2D eigenvalue weighted by molar-refractivity contribution is 0.0693. The van der Waals surface area contributed by atoms with Crippen LogP contribution in [0.1, 0.15) is 26.3 Å². The van der Waals surface area contributed by atoms with Crippen molar-refractivity contribution in [2.24, 2.45) is 5.10 Å². The second-order valence-corrected chi connectivity index (χ2v) is 6.03. The number of hydrogen-bond acceptors (Lipinski definition) is 6. The molecule has 0 saturated carbocycles. The third kappa shape index (κ3) is 4.99. The molecule has 0 spiro atoms.